The van der Waals surface area contributed by atoms with E-state index in [1.54, 1.807) is 0 Å². The number of rotatable bonds is 8. The first kappa shape index (κ1) is 27.0. The van der Waals surface area contributed by atoms with Gasteiger partial charge in [0, 0.05) is 24.0 Å². The fraction of sp³-hybridized carbons (Fsp3) is 1.00. The first-order valence-electron chi connectivity index (χ1n) is 16.1. The number of likely N-dealkylation sites (N-methyl/N-ethyl adjacent to an activating group) is 1. The zero-order valence-electron chi connectivity index (χ0n) is 24.3. The van der Waals surface area contributed by atoms with Crippen LogP contribution in [0.4, 0.5) is 0 Å². The van der Waals surface area contributed by atoms with E-state index in [9.17, 15) is 10.2 Å². The summed E-state index contributed by atoms with van der Waals surface area (Å²) in [6, 6.07) is 1.18. The van der Waals surface area contributed by atoms with Crippen LogP contribution in [0.3, 0.4) is 0 Å². The minimum atomic E-state index is -0.551. The molecule has 1 heterocycles. The molecule has 1 aliphatic heterocycles. The summed E-state index contributed by atoms with van der Waals surface area (Å²) in [5.74, 6) is 3.18. The Bertz CT molecular complexity index is 839. The maximum Gasteiger partial charge on any atom is 0.0687 e. The molecular formula is C32H57N3O2. The molecule has 6 aliphatic rings. The molecule has 6 fully saturated rings. The zero-order chi connectivity index (χ0) is 26.1. The molecule has 212 valence electrons. The Morgan fingerprint density at radius 2 is 1.89 bits per heavy atom. The minimum absolute atomic E-state index is 0.0542. The number of hydrogen-bond acceptors (Lipinski definition) is 5. The van der Waals surface area contributed by atoms with Gasteiger partial charge >= 0.3 is 0 Å². The number of nitrogens with one attached hydrogen (secondary N) is 3. The number of fused-ring (bicyclic) bond motifs is 5. The second kappa shape index (κ2) is 9.72. The average Bonchev–Trinajstić information content (AvgIpc) is 3.21. The van der Waals surface area contributed by atoms with Gasteiger partial charge in [-0.05, 0) is 132 Å². The smallest absolute Gasteiger partial charge is 0.0687 e. The molecule has 2 spiro atoms. The fourth-order valence-electron chi connectivity index (χ4n) is 12.1. The van der Waals surface area contributed by atoms with Crippen LogP contribution in [0.5, 0.6) is 0 Å². The maximum atomic E-state index is 12.3. The van der Waals surface area contributed by atoms with Crippen LogP contribution < -0.4 is 16.0 Å². The largest absolute Gasteiger partial charge is 0.392 e. The van der Waals surface area contributed by atoms with Crippen molar-refractivity contribution in [2.45, 2.75) is 128 Å². The van der Waals surface area contributed by atoms with E-state index >= 15 is 0 Å². The Labute approximate surface area is 226 Å². The van der Waals surface area contributed by atoms with Crippen molar-refractivity contribution in [2.24, 2.45) is 45.8 Å². The van der Waals surface area contributed by atoms with Gasteiger partial charge in [-0.15, -0.1) is 0 Å². The highest BCUT2D eigenvalue weighted by Crippen LogP contribution is 2.82. The van der Waals surface area contributed by atoms with Crippen molar-refractivity contribution < 1.29 is 10.2 Å². The van der Waals surface area contributed by atoms with E-state index in [1.807, 2.05) is 0 Å². The van der Waals surface area contributed by atoms with E-state index in [1.165, 1.54) is 57.8 Å². The van der Waals surface area contributed by atoms with Crippen molar-refractivity contribution in [3.8, 4) is 0 Å². The van der Waals surface area contributed by atoms with Crippen molar-refractivity contribution in [3.63, 3.8) is 0 Å². The van der Waals surface area contributed by atoms with Gasteiger partial charge in [0.05, 0.1) is 11.7 Å². The quantitative estimate of drug-likeness (QED) is 0.330. The van der Waals surface area contributed by atoms with Gasteiger partial charge in [-0.1, -0.05) is 33.1 Å². The number of piperidine rings is 1. The molecule has 0 aromatic carbocycles. The highest BCUT2D eigenvalue weighted by Gasteiger charge is 2.80. The molecule has 0 amide bonds. The van der Waals surface area contributed by atoms with Crippen LogP contribution in [0.15, 0.2) is 0 Å². The second-order valence-electron chi connectivity index (χ2n) is 15.6. The lowest BCUT2D eigenvalue weighted by atomic mass is 9.31. The standard InChI is InChI=1S/C32H57N3O2/c1-21(18-33-3)7-5-8-22-13-25-28-23(9-10-24(35-28)19-34-4)15-32-26(16-30(25,32)14-22)31(37)12-6-11-29(2,20-31)17-27(32)36/h21-28,33-37H,5-20H2,1-4H3/t21-,22+,23+,24-,25+,26+,27+,28-,29+,30-,31-,32+/m1/s1. The van der Waals surface area contributed by atoms with E-state index in [4.69, 9.17) is 0 Å². The van der Waals surface area contributed by atoms with Gasteiger partial charge in [0.2, 0.25) is 0 Å². The molecule has 5 N–H and O–H groups in total. The maximum absolute atomic E-state index is 12.3. The fourth-order valence-corrected chi connectivity index (χ4v) is 12.1. The third-order valence-corrected chi connectivity index (χ3v) is 13.3. The molecule has 6 rings (SSSR count). The molecule has 0 aromatic heterocycles. The molecule has 5 saturated carbocycles. The van der Waals surface area contributed by atoms with Crippen molar-refractivity contribution >= 4 is 0 Å². The van der Waals surface area contributed by atoms with Crippen molar-refractivity contribution in [1.82, 2.24) is 16.0 Å². The highest BCUT2D eigenvalue weighted by molar-refractivity contribution is 5.29. The molecule has 2 bridgehead atoms. The van der Waals surface area contributed by atoms with E-state index in [0.29, 0.717) is 29.8 Å². The van der Waals surface area contributed by atoms with Crippen molar-refractivity contribution in [2.75, 3.05) is 27.2 Å². The van der Waals surface area contributed by atoms with E-state index in [-0.39, 0.29) is 22.3 Å². The molecule has 5 heteroatoms. The van der Waals surface area contributed by atoms with Gasteiger partial charge in [0.15, 0.2) is 0 Å². The number of aliphatic hydroxyl groups excluding tert-OH is 1. The Morgan fingerprint density at radius 3 is 2.68 bits per heavy atom. The van der Waals surface area contributed by atoms with Gasteiger partial charge in [-0.3, -0.25) is 0 Å². The molecule has 0 radical (unpaired) electrons. The Balaban J connectivity index is 1.31. The van der Waals surface area contributed by atoms with Crippen LogP contribution in [0.1, 0.15) is 104 Å². The summed E-state index contributed by atoms with van der Waals surface area (Å²) < 4.78 is 0. The summed E-state index contributed by atoms with van der Waals surface area (Å²) in [7, 11) is 4.16. The normalized spacial score (nSPS) is 53.2. The summed E-state index contributed by atoms with van der Waals surface area (Å²) >= 11 is 0. The lowest BCUT2D eigenvalue weighted by molar-refractivity contribution is -0.305. The van der Waals surface area contributed by atoms with Gasteiger partial charge in [0.25, 0.3) is 0 Å². The molecule has 1 saturated heterocycles. The Kier molecular flexibility index (Phi) is 7.09. The minimum Gasteiger partial charge on any atom is -0.392 e. The second-order valence-corrected chi connectivity index (χ2v) is 15.6. The first-order chi connectivity index (χ1) is 17.7. The summed E-state index contributed by atoms with van der Waals surface area (Å²) in [5.41, 5.74) is -0.264. The Hall–Kier alpha value is -0.200. The lowest BCUT2D eigenvalue weighted by Crippen LogP contribution is -2.76. The van der Waals surface area contributed by atoms with E-state index in [2.05, 4.69) is 43.9 Å². The molecule has 0 aromatic rings. The molecule has 12 atom stereocenters. The van der Waals surface area contributed by atoms with Gasteiger partial charge in [-0.25, -0.2) is 0 Å². The Morgan fingerprint density at radius 1 is 1.05 bits per heavy atom. The third-order valence-electron chi connectivity index (χ3n) is 13.3. The number of hydrogen-bond donors (Lipinski definition) is 5. The van der Waals surface area contributed by atoms with Crippen molar-refractivity contribution in [3.05, 3.63) is 0 Å². The molecular weight excluding hydrogens is 458 g/mol. The van der Waals surface area contributed by atoms with Crippen LogP contribution in [0.25, 0.3) is 0 Å². The topological polar surface area (TPSA) is 76.5 Å². The van der Waals surface area contributed by atoms with Gasteiger partial charge < -0.3 is 26.2 Å². The predicted octanol–water partition coefficient (Wildman–Crippen LogP) is 4.47. The van der Waals surface area contributed by atoms with Crippen molar-refractivity contribution in [1.29, 1.82) is 0 Å². The van der Waals surface area contributed by atoms with Gasteiger partial charge in [-0.2, -0.15) is 0 Å². The molecule has 37 heavy (non-hydrogen) atoms. The lowest BCUT2D eigenvalue weighted by Gasteiger charge is -2.75. The summed E-state index contributed by atoms with van der Waals surface area (Å²) in [4.78, 5) is 0. The van der Waals surface area contributed by atoms with Crippen LogP contribution in [-0.4, -0.2) is 61.2 Å². The van der Waals surface area contributed by atoms with Gasteiger partial charge in [0.1, 0.15) is 0 Å². The van der Waals surface area contributed by atoms with Crippen LogP contribution >= 0.6 is 0 Å². The summed E-state index contributed by atoms with van der Waals surface area (Å²) in [6.07, 6.45) is 16.4. The zero-order valence-corrected chi connectivity index (χ0v) is 24.3. The van der Waals surface area contributed by atoms with Crippen LogP contribution in [0, 0.1) is 45.8 Å². The van der Waals surface area contributed by atoms with Crippen LogP contribution in [-0.2, 0) is 0 Å². The molecule has 0 unspecified atom stereocenters. The summed E-state index contributed by atoms with van der Waals surface area (Å²) in [5, 5.41) is 35.6. The number of aliphatic hydroxyl groups is 2. The molecule has 5 aliphatic carbocycles. The van der Waals surface area contributed by atoms with E-state index in [0.717, 1.165) is 57.0 Å². The van der Waals surface area contributed by atoms with Crippen LogP contribution in [0.2, 0.25) is 0 Å². The first-order valence-corrected chi connectivity index (χ1v) is 16.1. The summed E-state index contributed by atoms with van der Waals surface area (Å²) in [6.45, 7) is 6.94. The highest BCUT2D eigenvalue weighted by atomic mass is 16.3. The average molecular weight is 516 g/mol. The molecule has 5 nitrogen and oxygen atoms in total. The SMILES string of the molecule is CNC[C@H](C)CCC[C@H]1C[C@H]2[C@@H]3N[C@@H](CNC)CC[C@H]3C[C@@]34[C@@H](O)C[C@]5(C)CCC[C@@](O)(C5)[C@@H]3C[C@]24C1. The predicted molar refractivity (Wildman–Crippen MR) is 150 cm³/mol. The van der Waals surface area contributed by atoms with E-state index < -0.39 is 5.60 Å². The third kappa shape index (κ3) is 4.11. The monoisotopic (exact) mass is 515 g/mol.